The molecule has 0 fully saturated rings. The van der Waals surface area contributed by atoms with Gasteiger partial charge in [0.25, 0.3) is 6.64 Å². The third kappa shape index (κ3) is 8.27. The maximum Gasteiger partial charge on any atom is 0.323 e. The van der Waals surface area contributed by atoms with Gasteiger partial charge in [-0.05, 0) is 51.0 Å². The summed E-state index contributed by atoms with van der Waals surface area (Å²) in [6, 6.07) is -0.476. The van der Waals surface area contributed by atoms with E-state index in [9.17, 15) is 4.79 Å². The molecule has 0 radical (unpaired) electrons. The zero-order valence-electron chi connectivity index (χ0n) is 12.0. The molecule has 19 heavy (non-hydrogen) atoms. The van der Waals surface area contributed by atoms with Crippen molar-refractivity contribution in [2.75, 3.05) is 31.8 Å². The molecule has 0 saturated heterocycles. The van der Waals surface area contributed by atoms with Crippen molar-refractivity contribution in [2.24, 2.45) is 0 Å². The van der Waals surface area contributed by atoms with Crippen LogP contribution in [-0.2, 0) is 30.4 Å². The number of carbonyl (C=O) groups is 1. The highest BCUT2D eigenvalue weighted by Crippen LogP contribution is 2.44. The van der Waals surface area contributed by atoms with Gasteiger partial charge in [-0.2, -0.15) is 11.8 Å². The molecule has 0 aromatic heterocycles. The first kappa shape index (κ1) is 19.4. The van der Waals surface area contributed by atoms with Crippen LogP contribution in [0.2, 0.25) is 0 Å². The molecule has 1 atom stereocenters. The van der Waals surface area contributed by atoms with Gasteiger partial charge in [-0.1, -0.05) is 0 Å². The van der Waals surface area contributed by atoms with Gasteiger partial charge in [0.2, 0.25) is 0 Å². The number of rotatable bonds is 11. The summed E-state index contributed by atoms with van der Waals surface area (Å²) in [5, 5.41) is 3.05. The molecule has 0 aliphatic carbocycles. The van der Waals surface area contributed by atoms with E-state index in [-0.39, 0.29) is 5.97 Å². The summed E-state index contributed by atoms with van der Waals surface area (Å²) in [6.07, 6.45) is 2.63. The van der Waals surface area contributed by atoms with Gasteiger partial charge in [-0.3, -0.25) is 4.79 Å². The first-order valence-corrected chi connectivity index (χ1v) is 10.4. The molecule has 8 heteroatoms. The topological polar surface area (TPSA) is 56.8 Å². The van der Waals surface area contributed by atoms with E-state index in [1.807, 2.05) is 20.1 Å². The lowest BCUT2D eigenvalue weighted by Gasteiger charge is -2.26. The molecule has 0 bridgehead atoms. The van der Waals surface area contributed by atoms with Crippen molar-refractivity contribution in [1.29, 1.82) is 0 Å². The van der Waals surface area contributed by atoms with E-state index in [1.165, 1.54) is 0 Å². The van der Waals surface area contributed by atoms with Crippen molar-refractivity contribution in [3.63, 3.8) is 0 Å². The van der Waals surface area contributed by atoms with Crippen LogP contribution in [0.1, 0.15) is 27.2 Å². The summed E-state index contributed by atoms with van der Waals surface area (Å²) in [5.41, 5.74) is 0. The van der Waals surface area contributed by atoms with Gasteiger partial charge in [0.15, 0.2) is 0 Å². The Morgan fingerprint density at radius 3 is 2.26 bits per heavy atom. The van der Waals surface area contributed by atoms with E-state index in [0.717, 1.165) is 5.75 Å². The maximum atomic E-state index is 11.9. The van der Waals surface area contributed by atoms with Crippen molar-refractivity contribution in [2.45, 2.75) is 33.2 Å². The SMILES string of the molecule is CCOC(=O)C(CCSC)NP(=S)(OCC)OCC. The highest BCUT2D eigenvalue weighted by atomic mass is 32.5. The van der Waals surface area contributed by atoms with E-state index in [4.69, 9.17) is 25.6 Å². The van der Waals surface area contributed by atoms with E-state index < -0.39 is 12.7 Å². The van der Waals surface area contributed by atoms with Crippen molar-refractivity contribution in [1.82, 2.24) is 5.09 Å². The minimum atomic E-state index is -2.62. The predicted molar refractivity (Wildman–Crippen MR) is 84.1 cm³/mol. The number of thioether (sulfide) groups is 1. The van der Waals surface area contributed by atoms with Crippen LogP contribution in [0.25, 0.3) is 0 Å². The number of esters is 1. The summed E-state index contributed by atoms with van der Waals surface area (Å²) < 4.78 is 16.0. The molecule has 0 aliphatic heterocycles. The third-order valence-corrected chi connectivity index (χ3v) is 5.51. The van der Waals surface area contributed by atoms with E-state index in [2.05, 4.69) is 5.09 Å². The lowest BCUT2D eigenvalue weighted by atomic mass is 10.2. The summed E-state index contributed by atoms with van der Waals surface area (Å²) >= 11 is 7.04. The molecule has 1 N–H and O–H groups in total. The Bertz CT molecular complexity index is 294. The minimum Gasteiger partial charge on any atom is -0.465 e. The summed E-state index contributed by atoms with van der Waals surface area (Å²) in [7, 11) is 0. The first-order valence-electron chi connectivity index (χ1n) is 6.35. The van der Waals surface area contributed by atoms with Crippen molar-refractivity contribution < 1.29 is 18.6 Å². The van der Waals surface area contributed by atoms with Crippen LogP contribution in [0.15, 0.2) is 0 Å². The minimum absolute atomic E-state index is 0.301. The molecule has 0 spiro atoms. The highest BCUT2D eigenvalue weighted by Gasteiger charge is 2.28. The van der Waals surface area contributed by atoms with E-state index >= 15 is 0 Å². The third-order valence-electron chi connectivity index (χ3n) is 2.09. The second kappa shape index (κ2) is 11.1. The Morgan fingerprint density at radius 2 is 1.84 bits per heavy atom. The van der Waals surface area contributed by atoms with Gasteiger partial charge in [0.05, 0.1) is 19.8 Å². The Kier molecular flexibility index (Phi) is 11.3. The first-order chi connectivity index (χ1) is 9.02. The molecular formula is C11H24NO4PS2. The van der Waals surface area contributed by atoms with Gasteiger partial charge >= 0.3 is 5.97 Å². The van der Waals surface area contributed by atoms with E-state index in [1.54, 1.807) is 18.7 Å². The second-order valence-corrected chi connectivity index (χ2v) is 7.75. The zero-order chi connectivity index (χ0) is 14.7. The Labute approximate surface area is 125 Å². The van der Waals surface area contributed by atoms with Crippen LogP contribution < -0.4 is 5.09 Å². The van der Waals surface area contributed by atoms with Gasteiger partial charge in [-0.15, -0.1) is 0 Å². The van der Waals surface area contributed by atoms with Crippen LogP contribution in [0.5, 0.6) is 0 Å². The zero-order valence-corrected chi connectivity index (χ0v) is 14.5. The number of ether oxygens (including phenoxy) is 1. The predicted octanol–water partition coefficient (Wildman–Crippen LogP) is 2.56. The number of nitrogens with one attached hydrogen (secondary N) is 1. The largest absolute Gasteiger partial charge is 0.465 e. The lowest BCUT2D eigenvalue weighted by Crippen LogP contribution is -2.37. The Morgan fingerprint density at radius 1 is 1.26 bits per heavy atom. The quantitative estimate of drug-likeness (QED) is 0.462. The highest BCUT2D eigenvalue weighted by molar-refractivity contribution is 8.09. The summed E-state index contributed by atoms with van der Waals surface area (Å²) in [4.78, 5) is 11.9. The molecule has 0 heterocycles. The summed E-state index contributed by atoms with van der Waals surface area (Å²) in [6.45, 7) is 4.11. The monoisotopic (exact) mass is 329 g/mol. The molecule has 114 valence electrons. The summed E-state index contributed by atoms with van der Waals surface area (Å²) in [5.74, 6) is 0.537. The Balaban J connectivity index is 4.73. The Hall–Kier alpha value is 0.350. The molecule has 0 saturated carbocycles. The van der Waals surface area contributed by atoms with Crippen LogP contribution in [0, 0.1) is 0 Å². The molecule has 5 nitrogen and oxygen atoms in total. The van der Waals surface area contributed by atoms with Gasteiger partial charge < -0.3 is 13.8 Å². The maximum absolute atomic E-state index is 11.9. The second-order valence-electron chi connectivity index (χ2n) is 3.55. The number of carbonyl (C=O) groups excluding carboxylic acids is 1. The fourth-order valence-electron chi connectivity index (χ4n) is 1.36. The molecular weight excluding hydrogens is 305 g/mol. The standard InChI is InChI=1S/C11H24NO4PS2/c1-5-14-11(13)10(8-9-19-4)12-17(18,15-6-2)16-7-3/h10H,5-9H2,1-4H3,(H,12,18). The van der Waals surface area contributed by atoms with Crippen LogP contribution in [0.3, 0.4) is 0 Å². The van der Waals surface area contributed by atoms with Crippen LogP contribution >= 0.6 is 18.4 Å². The average molecular weight is 329 g/mol. The lowest BCUT2D eigenvalue weighted by molar-refractivity contribution is -0.145. The van der Waals surface area contributed by atoms with Crippen LogP contribution in [-0.4, -0.2) is 43.8 Å². The smallest absolute Gasteiger partial charge is 0.323 e. The van der Waals surface area contributed by atoms with Gasteiger partial charge in [-0.25, -0.2) is 5.09 Å². The van der Waals surface area contributed by atoms with Gasteiger partial charge in [0, 0.05) is 0 Å². The molecule has 0 aliphatic rings. The number of hydrogen-bond donors (Lipinski definition) is 1. The van der Waals surface area contributed by atoms with E-state index in [0.29, 0.717) is 26.2 Å². The van der Waals surface area contributed by atoms with Crippen LogP contribution in [0.4, 0.5) is 0 Å². The van der Waals surface area contributed by atoms with Crippen molar-refractivity contribution >= 4 is 36.2 Å². The van der Waals surface area contributed by atoms with Gasteiger partial charge in [0.1, 0.15) is 6.04 Å². The fourth-order valence-corrected chi connectivity index (χ4v) is 4.36. The van der Waals surface area contributed by atoms with Crippen molar-refractivity contribution in [3.8, 4) is 0 Å². The number of hydrogen-bond acceptors (Lipinski definition) is 6. The fraction of sp³-hybridized carbons (Fsp3) is 0.909. The molecule has 0 aromatic rings. The van der Waals surface area contributed by atoms with Crippen molar-refractivity contribution in [3.05, 3.63) is 0 Å². The molecule has 0 amide bonds. The normalized spacial score (nSPS) is 13.3. The molecule has 1 unspecified atom stereocenters. The average Bonchev–Trinajstić information content (AvgIpc) is 2.35. The molecule has 0 aromatic carbocycles. The molecule has 0 rings (SSSR count).